The Morgan fingerprint density at radius 1 is 1.14 bits per heavy atom. The molecule has 3 aliphatic heterocycles. The highest BCUT2D eigenvalue weighted by Gasteiger charge is 2.44. The molecule has 2 saturated heterocycles. The van der Waals surface area contributed by atoms with Gasteiger partial charge in [-0.2, -0.15) is 0 Å². The van der Waals surface area contributed by atoms with Crippen molar-refractivity contribution in [3.63, 3.8) is 0 Å². The van der Waals surface area contributed by atoms with Gasteiger partial charge in [-0.1, -0.05) is 0 Å². The summed E-state index contributed by atoms with van der Waals surface area (Å²) in [6.45, 7) is 8.22. The van der Waals surface area contributed by atoms with Gasteiger partial charge >= 0.3 is 6.09 Å². The number of rotatable bonds is 4. The summed E-state index contributed by atoms with van der Waals surface area (Å²) < 4.78 is 7.53. The van der Waals surface area contributed by atoms with E-state index < -0.39 is 17.6 Å². The average molecular weight is 582 g/mol. The molecular formula is C31H35N9O3. The lowest BCUT2D eigenvalue weighted by atomic mass is 9.95. The number of nitrogens with one attached hydrogen (secondary N) is 2. The number of aryl methyl sites for hydroxylation is 1. The smallest absolute Gasteiger partial charge is 0.417 e. The van der Waals surface area contributed by atoms with Crippen molar-refractivity contribution in [1.82, 2.24) is 34.7 Å². The highest BCUT2D eigenvalue weighted by atomic mass is 16.6. The molecule has 2 fully saturated rings. The summed E-state index contributed by atoms with van der Waals surface area (Å²) in [5.41, 5.74) is 3.01. The fraction of sp³-hybridized carbons (Fsp3) is 0.419. The van der Waals surface area contributed by atoms with E-state index in [1.54, 1.807) is 45.6 Å². The van der Waals surface area contributed by atoms with Gasteiger partial charge in [-0.05, 0) is 58.7 Å². The zero-order chi connectivity index (χ0) is 29.9. The summed E-state index contributed by atoms with van der Waals surface area (Å²) >= 11 is 0. The Morgan fingerprint density at radius 2 is 2.00 bits per heavy atom. The van der Waals surface area contributed by atoms with Crippen LogP contribution < -0.4 is 15.5 Å². The number of aromatic nitrogens is 5. The van der Waals surface area contributed by atoms with Crippen molar-refractivity contribution in [2.75, 3.05) is 29.9 Å². The van der Waals surface area contributed by atoms with E-state index in [0.717, 1.165) is 66.2 Å². The number of fused-ring (bicyclic) bond motifs is 2. The summed E-state index contributed by atoms with van der Waals surface area (Å²) in [4.78, 5) is 49.4. The molecule has 12 nitrogen and oxygen atoms in total. The van der Waals surface area contributed by atoms with E-state index >= 15 is 0 Å². The van der Waals surface area contributed by atoms with Crippen molar-refractivity contribution < 1.29 is 14.3 Å². The molecule has 12 heteroatoms. The van der Waals surface area contributed by atoms with Crippen LogP contribution in [0.3, 0.4) is 0 Å². The van der Waals surface area contributed by atoms with Crippen LogP contribution in [0.4, 0.5) is 22.1 Å². The van der Waals surface area contributed by atoms with Crippen molar-refractivity contribution in [2.24, 2.45) is 7.05 Å². The molecule has 0 bridgehead atoms. The third-order valence-corrected chi connectivity index (χ3v) is 8.57. The van der Waals surface area contributed by atoms with Crippen molar-refractivity contribution in [3.8, 4) is 11.3 Å². The Balaban J connectivity index is 1.29. The van der Waals surface area contributed by atoms with Crippen LogP contribution in [0, 0.1) is 0 Å². The van der Waals surface area contributed by atoms with Crippen LogP contribution in [0.15, 0.2) is 43.1 Å². The maximum absolute atomic E-state index is 13.9. The number of amides is 2. The second-order valence-electron chi connectivity index (χ2n) is 12.6. The van der Waals surface area contributed by atoms with Gasteiger partial charge in [0, 0.05) is 49.0 Å². The van der Waals surface area contributed by atoms with Crippen LogP contribution in [0.1, 0.15) is 56.0 Å². The van der Waals surface area contributed by atoms with Crippen molar-refractivity contribution in [2.45, 2.75) is 57.7 Å². The number of pyridine rings is 2. The predicted molar refractivity (Wildman–Crippen MR) is 162 cm³/mol. The normalized spacial score (nSPS) is 20.0. The molecule has 7 rings (SSSR count). The number of carbonyl (C=O) groups is 2. The van der Waals surface area contributed by atoms with Gasteiger partial charge < -0.3 is 24.8 Å². The number of carbonyl (C=O) groups excluding carboxylic acids is 2. The minimum Gasteiger partial charge on any atom is -0.443 e. The molecule has 0 aromatic carbocycles. The molecule has 4 aromatic rings. The van der Waals surface area contributed by atoms with E-state index in [-0.39, 0.29) is 12.1 Å². The number of ether oxygens (including phenoxy) is 1. The fourth-order valence-electron chi connectivity index (χ4n) is 6.63. The molecule has 222 valence electrons. The van der Waals surface area contributed by atoms with E-state index in [2.05, 4.69) is 25.5 Å². The topological polar surface area (TPSA) is 130 Å². The molecule has 2 amide bonds. The molecule has 4 aromatic heterocycles. The van der Waals surface area contributed by atoms with E-state index in [0.29, 0.717) is 28.3 Å². The lowest BCUT2D eigenvalue weighted by Crippen LogP contribution is -2.46. The van der Waals surface area contributed by atoms with Gasteiger partial charge in [0.25, 0.3) is 5.91 Å². The summed E-state index contributed by atoms with van der Waals surface area (Å²) in [6, 6.07) is 3.86. The van der Waals surface area contributed by atoms with Crippen molar-refractivity contribution in [3.05, 3.63) is 54.2 Å². The van der Waals surface area contributed by atoms with E-state index in [9.17, 15) is 9.59 Å². The van der Waals surface area contributed by atoms with Gasteiger partial charge in [0.1, 0.15) is 17.1 Å². The lowest BCUT2D eigenvalue weighted by molar-refractivity contribution is 0.0248. The standard InChI is InChI=1S/C31H35N9O3/c1-30(2,3)43-29(42)39-17-21-25(28(39)41)22(14-35-26(21)19-6-10-34-27-20(19)7-13-38(27)4)36-23-15-33-16-24(37-23)40-12-5-8-31(40)9-11-32-18-31/h6-7,10,13-16,32H,5,8-9,11-12,17-18H2,1-4H3,(H,36,37)/t31-/m1/s1. The summed E-state index contributed by atoms with van der Waals surface area (Å²) in [6.07, 6.45) is 11.3. The summed E-state index contributed by atoms with van der Waals surface area (Å²) in [5, 5.41) is 7.72. The Labute approximate surface area is 249 Å². The fourth-order valence-corrected chi connectivity index (χ4v) is 6.63. The summed E-state index contributed by atoms with van der Waals surface area (Å²) in [5.74, 6) is 0.853. The van der Waals surface area contributed by atoms with Gasteiger partial charge in [0.2, 0.25) is 0 Å². The zero-order valence-electron chi connectivity index (χ0n) is 24.8. The van der Waals surface area contributed by atoms with Gasteiger partial charge in [0.05, 0.1) is 47.6 Å². The maximum Gasteiger partial charge on any atom is 0.417 e. The first kappa shape index (κ1) is 27.3. The second kappa shape index (κ2) is 10.0. The van der Waals surface area contributed by atoms with Crippen LogP contribution >= 0.6 is 0 Å². The highest BCUT2D eigenvalue weighted by molar-refractivity contribution is 6.12. The predicted octanol–water partition coefficient (Wildman–Crippen LogP) is 4.39. The molecule has 0 saturated carbocycles. The number of nitrogens with zero attached hydrogens (tertiary/aromatic N) is 7. The van der Waals surface area contributed by atoms with Gasteiger partial charge in [-0.25, -0.2) is 19.7 Å². The van der Waals surface area contributed by atoms with Crippen molar-refractivity contribution in [1.29, 1.82) is 0 Å². The number of hydrogen-bond donors (Lipinski definition) is 2. The lowest BCUT2D eigenvalue weighted by Gasteiger charge is -2.35. The molecule has 0 unspecified atom stereocenters. The first-order valence-electron chi connectivity index (χ1n) is 14.7. The SMILES string of the molecule is Cn1ccc2c(-c3ncc(Nc4cncc(N5CCC[C@]56CCNC6)n4)c4c3CN(C(=O)OC(C)(C)C)C4=O)ccnc21. The molecule has 0 aliphatic carbocycles. The van der Waals surface area contributed by atoms with Gasteiger partial charge in [0.15, 0.2) is 5.82 Å². The maximum atomic E-state index is 13.9. The number of anilines is 3. The Hall–Kier alpha value is -4.58. The molecule has 2 N–H and O–H groups in total. The Kier molecular flexibility index (Phi) is 6.35. The molecule has 43 heavy (non-hydrogen) atoms. The third kappa shape index (κ3) is 4.66. The Bertz CT molecular complexity index is 1750. The monoisotopic (exact) mass is 581 g/mol. The van der Waals surface area contributed by atoms with Crippen LogP contribution in [0.5, 0.6) is 0 Å². The number of imide groups is 1. The van der Waals surface area contributed by atoms with E-state index in [1.807, 2.05) is 29.9 Å². The van der Waals surface area contributed by atoms with E-state index in [4.69, 9.17) is 14.7 Å². The quantitative estimate of drug-likeness (QED) is 0.358. The zero-order valence-corrected chi connectivity index (χ0v) is 24.8. The second-order valence-corrected chi connectivity index (χ2v) is 12.6. The Morgan fingerprint density at radius 3 is 2.79 bits per heavy atom. The molecule has 0 radical (unpaired) electrons. The highest BCUT2D eigenvalue weighted by Crippen LogP contribution is 2.40. The molecule has 1 atom stereocenters. The minimum absolute atomic E-state index is 0.0343. The van der Waals surface area contributed by atoms with Crippen LogP contribution in [-0.4, -0.2) is 72.2 Å². The van der Waals surface area contributed by atoms with Crippen LogP contribution in [0.25, 0.3) is 22.3 Å². The van der Waals surface area contributed by atoms with Crippen LogP contribution in [-0.2, 0) is 18.3 Å². The first-order valence-corrected chi connectivity index (χ1v) is 14.7. The molecular weight excluding hydrogens is 546 g/mol. The average Bonchev–Trinajstić information content (AvgIpc) is 3.77. The first-order chi connectivity index (χ1) is 20.6. The van der Waals surface area contributed by atoms with E-state index in [1.165, 1.54) is 0 Å². The van der Waals surface area contributed by atoms with Crippen LogP contribution in [0.2, 0.25) is 0 Å². The van der Waals surface area contributed by atoms with Crippen molar-refractivity contribution >= 4 is 40.4 Å². The van der Waals surface area contributed by atoms with Gasteiger partial charge in [-0.15, -0.1) is 0 Å². The third-order valence-electron chi connectivity index (χ3n) is 8.57. The van der Waals surface area contributed by atoms with Gasteiger partial charge in [-0.3, -0.25) is 14.8 Å². The molecule has 3 aliphatic rings. The minimum atomic E-state index is -0.757. The summed E-state index contributed by atoms with van der Waals surface area (Å²) in [7, 11) is 1.93. The molecule has 1 spiro atoms. The molecule has 7 heterocycles. The number of hydrogen-bond acceptors (Lipinski definition) is 10. The largest absolute Gasteiger partial charge is 0.443 e.